The third-order valence-corrected chi connectivity index (χ3v) is 5.85. The molecule has 3 heteroatoms. The lowest BCUT2D eigenvalue weighted by Crippen LogP contribution is -2.42. The van der Waals surface area contributed by atoms with Gasteiger partial charge in [-0.1, -0.05) is 36.5 Å². The van der Waals surface area contributed by atoms with E-state index in [2.05, 4.69) is 18.8 Å². The molecule has 0 saturated heterocycles. The SMILES string of the molecule is CC1=C2CCC[C@H](O)[C@@]2(C)C/C(=C\c2ccc(C#CCN(C)C)cc2)C1=O. The second kappa shape index (κ2) is 7.84. The Kier molecular flexibility index (Phi) is 5.69. The van der Waals surface area contributed by atoms with Crippen LogP contribution in [0.5, 0.6) is 0 Å². The summed E-state index contributed by atoms with van der Waals surface area (Å²) >= 11 is 0. The Labute approximate surface area is 162 Å². The standard InChI is InChI=1S/C24H29NO2/c1-17-21-8-5-9-22(26)24(21,2)16-20(23(17)27)15-19-12-10-18(11-13-19)7-6-14-25(3)4/h10-13,15,22,26H,5,8-9,14,16H2,1-4H3/b20-15+/t22-,24-/m0/s1. The van der Waals surface area contributed by atoms with Crippen molar-refractivity contribution in [2.24, 2.45) is 5.41 Å². The molecule has 3 rings (SSSR count). The summed E-state index contributed by atoms with van der Waals surface area (Å²) in [4.78, 5) is 14.9. The van der Waals surface area contributed by atoms with Crippen LogP contribution in [0, 0.1) is 17.3 Å². The first kappa shape index (κ1) is 19.6. The van der Waals surface area contributed by atoms with Gasteiger partial charge in [0.1, 0.15) is 0 Å². The summed E-state index contributed by atoms with van der Waals surface area (Å²) in [7, 11) is 3.99. The number of aliphatic hydroxyl groups excluding tert-OH is 1. The number of hydrogen-bond acceptors (Lipinski definition) is 3. The van der Waals surface area contributed by atoms with Crippen molar-refractivity contribution in [3.63, 3.8) is 0 Å². The van der Waals surface area contributed by atoms with Crippen molar-refractivity contribution in [2.45, 2.75) is 45.6 Å². The minimum absolute atomic E-state index is 0.131. The fourth-order valence-electron chi connectivity index (χ4n) is 4.25. The highest BCUT2D eigenvalue weighted by atomic mass is 16.3. The number of Topliss-reactive ketones (excluding diaryl/α,β-unsaturated/α-hetero) is 1. The van der Waals surface area contributed by atoms with E-state index in [9.17, 15) is 9.90 Å². The molecule has 1 fully saturated rings. The maximum Gasteiger partial charge on any atom is 0.184 e. The Balaban J connectivity index is 1.85. The number of hydrogen-bond donors (Lipinski definition) is 1. The summed E-state index contributed by atoms with van der Waals surface area (Å²) in [5, 5.41) is 10.6. The predicted octanol–water partition coefficient (Wildman–Crippen LogP) is 3.82. The zero-order valence-corrected chi connectivity index (χ0v) is 16.8. The van der Waals surface area contributed by atoms with Gasteiger partial charge in [-0.2, -0.15) is 0 Å². The lowest BCUT2D eigenvalue weighted by Gasteiger charge is -2.45. The molecular formula is C24H29NO2. The van der Waals surface area contributed by atoms with Crippen LogP contribution in [0.2, 0.25) is 0 Å². The van der Waals surface area contributed by atoms with Crippen molar-refractivity contribution in [1.82, 2.24) is 4.90 Å². The van der Waals surface area contributed by atoms with Gasteiger partial charge in [0.15, 0.2) is 5.78 Å². The van der Waals surface area contributed by atoms with Crippen molar-refractivity contribution >= 4 is 11.9 Å². The lowest BCUT2D eigenvalue weighted by molar-refractivity contribution is -0.113. The van der Waals surface area contributed by atoms with Crippen LogP contribution in [-0.2, 0) is 4.79 Å². The van der Waals surface area contributed by atoms with Gasteiger partial charge < -0.3 is 5.11 Å². The van der Waals surface area contributed by atoms with Crippen molar-refractivity contribution in [3.05, 3.63) is 52.1 Å². The largest absolute Gasteiger partial charge is 0.392 e. The monoisotopic (exact) mass is 363 g/mol. The van der Waals surface area contributed by atoms with Crippen LogP contribution in [0.15, 0.2) is 41.0 Å². The molecular weight excluding hydrogens is 334 g/mol. The molecule has 1 N–H and O–H groups in total. The summed E-state index contributed by atoms with van der Waals surface area (Å²) in [5.41, 5.74) is 4.46. The van der Waals surface area contributed by atoms with Crippen molar-refractivity contribution in [3.8, 4) is 11.8 Å². The smallest absolute Gasteiger partial charge is 0.184 e. The van der Waals surface area contributed by atoms with Gasteiger partial charge in [0.2, 0.25) is 0 Å². The van der Waals surface area contributed by atoms with E-state index < -0.39 is 0 Å². The molecule has 27 heavy (non-hydrogen) atoms. The number of nitrogens with zero attached hydrogens (tertiary/aromatic N) is 1. The molecule has 0 amide bonds. The zero-order valence-electron chi connectivity index (χ0n) is 16.8. The van der Waals surface area contributed by atoms with Gasteiger partial charge in [-0.05, 0) is 76.0 Å². The normalized spacial score (nSPS) is 26.8. The summed E-state index contributed by atoms with van der Waals surface area (Å²) in [6, 6.07) is 8.00. The van der Waals surface area contributed by atoms with Crippen molar-refractivity contribution < 1.29 is 9.90 Å². The molecule has 0 unspecified atom stereocenters. The Morgan fingerprint density at radius 2 is 2.00 bits per heavy atom. The minimum atomic E-state index is -0.373. The highest BCUT2D eigenvalue weighted by Crippen LogP contribution is 2.50. The molecule has 0 aromatic heterocycles. The van der Waals surface area contributed by atoms with Crippen LogP contribution in [-0.4, -0.2) is 42.5 Å². The van der Waals surface area contributed by atoms with Crippen LogP contribution < -0.4 is 0 Å². The number of aliphatic hydroxyl groups is 1. The van der Waals surface area contributed by atoms with Crippen LogP contribution >= 0.6 is 0 Å². The van der Waals surface area contributed by atoms with Crippen LogP contribution in [0.1, 0.15) is 50.7 Å². The van der Waals surface area contributed by atoms with Gasteiger partial charge in [-0.3, -0.25) is 9.69 Å². The Hall–Kier alpha value is -2.15. The van der Waals surface area contributed by atoms with Gasteiger partial charge in [0.25, 0.3) is 0 Å². The number of benzene rings is 1. The molecule has 2 atom stereocenters. The second-order valence-electron chi connectivity index (χ2n) is 8.27. The second-order valence-corrected chi connectivity index (χ2v) is 8.27. The van der Waals surface area contributed by atoms with E-state index in [0.29, 0.717) is 6.42 Å². The number of carbonyl (C=O) groups is 1. The first-order valence-corrected chi connectivity index (χ1v) is 9.68. The van der Waals surface area contributed by atoms with E-state index in [1.807, 2.05) is 56.3 Å². The molecule has 2 aliphatic rings. The van der Waals surface area contributed by atoms with E-state index in [0.717, 1.165) is 53.7 Å². The fourth-order valence-corrected chi connectivity index (χ4v) is 4.25. The summed E-state index contributed by atoms with van der Waals surface area (Å²) < 4.78 is 0. The third kappa shape index (κ3) is 4.08. The zero-order chi connectivity index (χ0) is 19.6. The van der Waals surface area contributed by atoms with Crippen LogP contribution in [0.4, 0.5) is 0 Å². The summed E-state index contributed by atoms with van der Waals surface area (Å²) in [5.74, 6) is 6.41. The van der Waals surface area contributed by atoms with Gasteiger partial charge in [0, 0.05) is 16.6 Å². The van der Waals surface area contributed by atoms with Gasteiger partial charge >= 0.3 is 0 Å². The van der Waals surface area contributed by atoms with Crippen LogP contribution in [0.25, 0.3) is 6.08 Å². The molecule has 0 bridgehead atoms. The highest BCUT2D eigenvalue weighted by Gasteiger charge is 2.45. The molecule has 0 spiro atoms. The first-order chi connectivity index (χ1) is 12.8. The van der Waals surface area contributed by atoms with Gasteiger partial charge in [-0.15, -0.1) is 0 Å². The van der Waals surface area contributed by atoms with E-state index in [1.165, 1.54) is 0 Å². The fraction of sp³-hybridized carbons (Fsp3) is 0.458. The van der Waals surface area contributed by atoms with Crippen molar-refractivity contribution in [1.29, 1.82) is 0 Å². The van der Waals surface area contributed by atoms with Gasteiger partial charge in [0.05, 0.1) is 12.6 Å². The minimum Gasteiger partial charge on any atom is -0.392 e. The van der Waals surface area contributed by atoms with E-state index in [4.69, 9.17) is 0 Å². The first-order valence-electron chi connectivity index (χ1n) is 9.68. The number of fused-ring (bicyclic) bond motifs is 1. The van der Waals surface area contributed by atoms with Crippen molar-refractivity contribution in [2.75, 3.05) is 20.6 Å². The Morgan fingerprint density at radius 3 is 2.67 bits per heavy atom. The number of ketones is 1. The maximum atomic E-state index is 12.9. The molecule has 1 aromatic carbocycles. The molecule has 0 radical (unpaired) electrons. The average molecular weight is 364 g/mol. The molecule has 142 valence electrons. The summed E-state index contributed by atoms with van der Waals surface area (Å²) in [6.45, 7) is 4.76. The number of rotatable bonds is 2. The van der Waals surface area contributed by atoms with E-state index >= 15 is 0 Å². The molecule has 1 saturated carbocycles. The topological polar surface area (TPSA) is 40.5 Å². The Morgan fingerprint density at radius 1 is 1.30 bits per heavy atom. The molecule has 0 aliphatic heterocycles. The third-order valence-electron chi connectivity index (χ3n) is 5.85. The lowest BCUT2D eigenvalue weighted by atomic mass is 9.61. The number of carbonyl (C=O) groups excluding carboxylic acids is 1. The van der Waals surface area contributed by atoms with Crippen LogP contribution in [0.3, 0.4) is 0 Å². The molecule has 2 aliphatic carbocycles. The molecule has 1 aromatic rings. The average Bonchev–Trinajstić information content (AvgIpc) is 2.62. The summed E-state index contributed by atoms with van der Waals surface area (Å²) in [6.07, 6.45) is 4.93. The molecule has 0 heterocycles. The van der Waals surface area contributed by atoms with Gasteiger partial charge in [-0.25, -0.2) is 0 Å². The molecule has 3 nitrogen and oxygen atoms in total. The number of allylic oxidation sites excluding steroid dienone is 2. The van der Waals surface area contributed by atoms with E-state index in [-0.39, 0.29) is 17.3 Å². The quantitative estimate of drug-likeness (QED) is 0.641. The predicted molar refractivity (Wildman–Crippen MR) is 110 cm³/mol. The maximum absolute atomic E-state index is 12.9. The van der Waals surface area contributed by atoms with E-state index in [1.54, 1.807) is 0 Å². The highest BCUT2D eigenvalue weighted by molar-refractivity contribution is 6.12. The Bertz CT molecular complexity index is 849.